The summed E-state index contributed by atoms with van der Waals surface area (Å²) in [5.74, 6) is 3.78. The van der Waals surface area contributed by atoms with Crippen LogP contribution in [0.2, 0.25) is 0 Å². The Morgan fingerprint density at radius 1 is 0.920 bits per heavy atom. The van der Waals surface area contributed by atoms with Gasteiger partial charge in [-0.05, 0) is 155 Å². The summed E-state index contributed by atoms with van der Waals surface area (Å²) in [5, 5.41) is 13.8. The first-order valence-corrected chi connectivity index (χ1v) is 22.6. The molecule has 284 valence electrons. The molecule has 8 unspecified atom stereocenters. The van der Waals surface area contributed by atoms with E-state index in [0.29, 0.717) is 65.0 Å². The van der Waals surface area contributed by atoms with E-state index in [9.17, 15) is 18.3 Å². The van der Waals surface area contributed by atoms with E-state index in [0.717, 1.165) is 51.1 Å². The van der Waals surface area contributed by atoms with Gasteiger partial charge in [0.2, 0.25) is 0 Å². The van der Waals surface area contributed by atoms with Crippen molar-refractivity contribution in [2.45, 2.75) is 143 Å². The Bertz CT molecular complexity index is 1380. The number of hydrogen-bond acceptors (Lipinski definition) is 5. The van der Waals surface area contributed by atoms with Gasteiger partial charge in [-0.25, -0.2) is 8.42 Å². The normalized spacial score (nSPS) is 43.5. The summed E-state index contributed by atoms with van der Waals surface area (Å²) in [4.78, 5) is 14.0. The Hall–Kier alpha value is -1.18. The number of aliphatic carboxylic acids is 1. The molecule has 5 aliphatic carbocycles. The summed E-state index contributed by atoms with van der Waals surface area (Å²) in [6, 6.07) is 0. The molecular weight excluding hydrogens is 641 g/mol. The first kappa shape index (κ1) is 38.5. The lowest BCUT2D eigenvalue weighted by Crippen LogP contribution is -2.65. The van der Waals surface area contributed by atoms with E-state index in [1.807, 2.05) is 0 Å². The van der Waals surface area contributed by atoms with Crippen molar-refractivity contribution in [1.82, 2.24) is 10.2 Å². The molecule has 5 fully saturated rings. The average Bonchev–Trinajstić information content (AvgIpc) is 3.45. The molecule has 0 bridgehead atoms. The first-order chi connectivity index (χ1) is 23.5. The zero-order valence-electron chi connectivity index (χ0n) is 32.7. The van der Waals surface area contributed by atoms with Gasteiger partial charge >= 0.3 is 5.97 Å². The molecule has 6 rings (SSSR count). The van der Waals surface area contributed by atoms with Crippen molar-refractivity contribution < 1.29 is 18.3 Å². The number of hydrogen-bond donors (Lipinski definition) is 2. The molecule has 50 heavy (non-hydrogen) atoms. The van der Waals surface area contributed by atoms with Crippen LogP contribution in [0.15, 0.2) is 23.8 Å². The van der Waals surface area contributed by atoms with Crippen molar-refractivity contribution in [1.29, 1.82) is 0 Å². The highest BCUT2D eigenvalue weighted by Gasteiger charge is 2.65. The van der Waals surface area contributed by atoms with Crippen LogP contribution in [0.1, 0.15) is 138 Å². The van der Waals surface area contributed by atoms with Gasteiger partial charge in [0.05, 0.1) is 17.4 Å². The van der Waals surface area contributed by atoms with Crippen LogP contribution in [0.4, 0.5) is 0 Å². The highest BCUT2D eigenvalue weighted by Crippen LogP contribution is 2.70. The van der Waals surface area contributed by atoms with Crippen molar-refractivity contribution in [2.75, 3.05) is 37.7 Å². The Morgan fingerprint density at radius 3 is 2.28 bits per heavy atom. The zero-order valence-corrected chi connectivity index (χ0v) is 33.5. The topological polar surface area (TPSA) is 86.7 Å². The van der Waals surface area contributed by atoms with Gasteiger partial charge in [0.25, 0.3) is 0 Å². The molecule has 0 radical (unpaired) electrons. The lowest BCUT2D eigenvalue weighted by Gasteiger charge is -2.66. The van der Waals surface area contributed by atoms with Crippen molar-refractivity contribution in [2.24, 2.45) is 57.7 Å². The van der Waals surface area contributed by atoms with E-state index < -0.39 is 15.8 Å². The Morgan fingerprint density at radius 2 is 1.62 bits per heavy atom. The molecule has 0 aromatic heterocycles. The van der Waals surface area contributed by atoms with Gasteiger partial charge in [-0.1, -0.05) is 58.4 Å². The Labute approximate surface area is 306 Å². The molecular formula is C43H72N2O4S. The smallest absolute Gasteiger partial charge is 0.306 e. The van der Waals surface area contributed by atoms with Crippen molar-refractivity contribution >= 4 is 15.8 Å². The van der Waals surface area contributed by atoms with Crippen LogP contribution in [0.5, 0.6) is 0 Å². The fourth-order valence-corrected chi connectivity index (χ4v) is 14.2. The van der Waals surface area contributed by atoms with Crippen molar-refractivity contribution in [3.8, 4) is 0 Å². The van der Waals surface area contributed by atoms with Gasteiger partial charge in [-0.15, -0.1) is 0 Å². The predicted octanol–water partition coefficient (Wildman–Crippen LogP) is 8.92. The van der Waals surface area contributed by atoms with E-state index >= 15 is 0 Å². The van der Waals surface area contributed by atoms with Gasteiger partial charge in [0, 0.05) is 31.7 Å². The maximum Gasteiger partial charge on any atom is 0.306 e. The third-order valence-corrected chi connectivity index (χ3v) is 18.7. The average molecular weight is 713 g/mol. The molecule has 1 aliphatic heterocycles. The van der Waals surface area contributed by atoms with E-state index in [2.05, 4.69) is 64.4 Å². The Kier molecular flexibility index (Phi) is 11.2. The van der Waals surface area contributed by atoms with Crippen LogP contribution in [-0.4, -0.2) is 67.6 Å². The van der Waals surface area contributed by atoms with Gasteiger partial charge in [-0.2, -0.15) is 0 Å². The lowest BCUT2D eigenvalue weighted by molar-refractivity contribution is -0.159. The number of carboxylic acids is 1. The SMILES string of the molecule is C=C(C)C1CCC2(NCCN3CCS(=O)(=O)CC3)CCC3(C)C(CCC4CCC=C(CC5CCC(C(=O)O)CC5)C(C)(C)C(C)CCC43C)C12. The second-order valence-electron chi connectivity index (χ2n) is 19.5. The third kappa shape index (κ3) is 7.20. The standard InChI is InChI=1S/C43H72N2O4S/c1-30(2)36-18-20-43(44-23-24-45-25-27-50(48,49)28-26-45)22-21-42(7)37(38(36)43)16-15-34-9-8-10-35(29-32-11-13-33(14-12-32)39(46)47)40(4,5)31(3)17-19-41(34,42)6/h10,31-34,36-38,44H,1,8-9,11-29H2,2-7H3,(H,46,47). The van der Waals surface area contributed by atoms with E-state index in [-0.39, 0.29) is 16.9 Å². The van der Waals surface area contributed by atoms with Crippen LogP contribution in [0.3, 0.4) is 0 Å². The largest absolute Gasteiger partial charge is 0.481 e. The minimum absolute atomic E-state index is 0.135. The molecule has 4 saturated carbocycles. The maximum absolute atomic E-state index is 12.0. The number of fused-ring (bicyclic) bond motifs is 5. The molecule has 6 nitrogen and oxygen atoms in total. The summed E-state index contributed by atoms with van der Waals surface area (Å²) in [7, 11) is -2.85. The summed E-state index contributed by atoms with van der Waals surface area (Å²) >= 11 is 0. The number of carbonyl (C=O) groups is 1. The molecule has 1 heterocycles. The molecule has 6 aliphatic rings. The van der Waals surface area contributed by atoms with E-state index in [4.69, 9.17) is 0 Å². The molecule has 7 heteroatoms. The minimum Gasteiger partial charge on any atom is -0.481 e. The van der Waals surface area contributed by atoms with Crippen LogP contribution < -0.4 is 5.32 Å². The minimum atomic E-state index is -2.85. The predicted molar refractivity (Wildman–Crippen MR) is 206 cm³/mol. The van der Waals surface area contributed by atoms with Gasteiger partial charge < -0.3 is 15.3 Å². The first-order valence-electron chi connectivity index (χ1n) is 20.8. The van der Waals surface area contributed by atoms with Gasteiger partial charge in [0.15, 0.2) is 9.84 Å². The van der Waals surface area contributed by atoms with Gasteiger partial charge in [-0.3, -0.25) is 4.79 Å². The number of allylic oxidation sites excluding steroid dienone is 3. The van der Waals surface area contributed by atoms with Crippen LogP contribution in [0.25, 0.3) is 0 Å². The summed E-state index contributed by atoms with van der Waals surface area (Å²) < 4.78 is 24.1. The third-order valence-electron chi connectivity index (χ3n) is 17.1. The second-order valence-corrected chi connectivity index (χ2v) is 21.8. The number of rotatable bonds is 8. The van der Waals surface area contributed by atoms with Crippen molar-refractivity contribution in [3.05, 3.63) is 23.8 Å². The number of nitrogens with one attached hydrogen (secondary N) is 1. The van der Waals surface area contributed by atoms with Gasteiger partial charge in [0.1, 0.15) is 0 Å². The summed E-state index contributed by atoms with van der Waals surface area (Å²) in [6.45, 7) is 23.1. The molecule has 0 spiro atoms. The number of sulfone groups is 1. The highest BCUT2D eigenvalue weighted by atomic mass is 32.2. The van der Waals surface area contributed by atoms with Crippen LogP contribution >= 0.6 is 0 Å². The molecule has 8 atom stereocenters. The molecule has 2 N–H and O–H groups in total. The number of nitrogens with zero attached hydrogens (tertiary/aromatic N) is 1. The molecule has 0 aromatic rings. The van der Waals surface area contributed by atoms with E-state index in [1.165, 1.54) is 69.8 Å². The van der Waals surface area contributed by atoms with Crippen LogP contribution in [-0.2, 0) is 14.6 Å². The fraction of sp³-hybridized carbons (Fsp3) is 0.884. The van der Waals surface area contributed by atoms with Crippen molar-refractivity contribution in [3.63, 3.8) is 0 Å². The fourth-order valence-electron chi connectivity index (χ4n) is 13.0. The summed E-state index contributed by atoms with van der Waals surface area (Å²) in [5.41, 5.74) is 3.99. The second kappa shape index (κ2) is 14.6. The zero-order chi connectivity index (χ0) is 36.1. The maximum atomic E-state index is 12.0. The summed E-state index contributed by atoms with van der Waals surface area (Å²) in [6.07, 6.45) is 20.4. The highest BCUT2D eigenvalue weighted by molar-refractivity contribution is 7.91. The Balaban J connectivity index is 1.19. The van der Waals surface area contributed by atoms with E-state index in [1.54, 1.807) is 5.57 Å². The molecule has 1 saturated heterocycles. The quantitative estimate of drug-likeness (QED) is 0.245. The number of carboxylic acid groups (broad SMARTS) is 1. The molecule has 0 aromatic carbocycles. The lowest BCUT2D eigenvalue weighted by atomic mass is 9.39. The molecule has 0 amide bonds. The van der Waals surface area contributed by atoms with Crippen LogP contribution in [0, 0.1) is 57.7 Å². The monoisotopic (exact) mass is 713 g/mol.